The molecule has 2 aromatic heterocycles. The van der Waals surface area contributed by atoms with Crippen LogP contribution >= 0.6 is 22.7 Å². The largest absolute Gasteiger partial charge is 0.348 e. The fourth-order valence-electron chi connectivity index (χ4n) is 5.73. The van der Waals surface area contributed by atoms with Gasteiger partial charge in [0, 0.05) is 77.6 Å². The summed E-state index contributed by atoms with van der Waals surface area (Å²) in [7, 11) is 4.25. The number of aromatic nitrogens is 2. The highest BCUT2D eigenvalue weighted by Gasteiger charge is 2.27. The van der Waals surface area contributed by atoms with Gasteiger partial charge < -0.3 is 19.6 Å². The minimum Gasteiger partial charge on any atom is -0.348 e. The van der Waals surface area contributed by atoms with Crippen molar-refractivity contribution in [3.8, 4) is 0 Å². The fourth-order valence-corrected chi connectivity index (χ4v) is 7.69. The summed E-state index contributed by atoms with van der Waals surface area (Å²) in [4.78, 5) is 19.1. The minimum absolute atomic E-state index is 0.229. The van der Waals surface area contributed by atoms with E-state index in [0.29, 0.717) is 12.1 Å². The van der Waals surface area contributed by atoms with Crippen molar-refractivity contribution >= 4 is 53.4 Å². The van der Waals surface area contributed by atoms with Gasteiger partial charge in [-0.2, -0.15) is 0 Å². The first kappa shape index (κ1) is 25.9. The quantitative estimate of drug-likeness (QED) is 0.291. The summed E-state index contributed by atoms with van der Waals surface area (Å²) in [5, 5.41) is 1.96. The van der Waals surface area contributed by atoms with Gasteiger partial charge in [-0.05, 0) is 49.9 Å². The lowest BCUT2D eigenvalue weighted by molar-refractivity contribution is 0.153. The molecule has 6 rings (SSSR count). The van der Waals surface area contributed by atoms with E-state index >= 15 is 0 Å². The van der Waals surface area contributed by atoms with E-state index in [1.165, 1.54) is 24.3 Å². The van der Waals surface area contributed by atoms with Gasteiger partial charge in [0.25, 0.3) is 0 Å². The highest BCUT2D eigenvalue weighted by Crippen LogP contribution is 2.33. The number of nitrogens with zero attached hydrogens (tertiary/aromatic N) is 6. The fraction of sp³-hybridized carbons (Fsp3) is 0.500. The van der Waals surface area contributed by atoms with Crippen molar-refractivity contribution < 1.29 is 8.78 Å². The standard InChI is InChI=1S/C28H34F2N6S2/c1-33(27-31-23-17-19(29)3-5-25(23)37-27)21-7-11-35(12-8-21)15-16-36-13-9-22(10-14-36)34(2)28-32-24-18-20(30)4-6-26(24)38-28/h3-6,17-18,21-22H,7-16H2,1-2H3. The molecular weight excluding hydrogens is 522 g/mol. The molecule has 0 spiro atoms. The van der Waals surface area contributed by atoms with E-state index in [1.54, 1.807) is 22.7 Å². The zero-order valence-electron chi connectivity index (χ0n) is 21.9. The Balaban J connectivity index is 0.944. The lowest BCUT2D eigenvalue weighted by Gasteiger charge is -2.39. The molecule has 2 fully saturated rings. The molecule has 0 unspecified atom stereocenters. The molecule has 38 heavy (non-hydrogen) atoms. The smallest absolute Gasteiger partial charge is 0.186 e. The Morgan fingerprint density at radius 3 is 1.50 bits per heavy atom. The van der Waals surface area contributed by atoms with Crippen LogP contribution in [0.3, 0.4) is 0 Å². The van der Waals surface area contributed by atoms with Crippen LogP contribution in [0.25, 0.3) is 20.4 Å². The van der Waals surface area contributed by atoms with Gasteiger partial charge in [-0.1, -0.05) is 22.7 Å². The second-order valence-electron chi connectivity index (χ2n) is 10.6. The predicted molar refractivity (Wildman–Crippen MR) is 155 cm³/mol. The van der Waals surface area contributed by atoms with Gasteiger partial charge in [0.05, 0.1) is 20.4 Å². The Hall–Kier alpha value is -2.40. The summed E-state index contributed by atoms with van der Waals surface area (Å²) in [6.45, 7) is 6.64. The topological polar surface area (TPSA) is 38.7 Å². The van der Waals surface area contributed by atoms with Crippen LogP contribution < -0.4 is 9.80 Å². The number of likely N-dealkylation sites (tertiary alicyclic amines) is 2. The minimum atomic E-state index is -0.229. The summed E-state index contributed by atoms with van der Waals surface area (Å²) in [5.41, 5.74) is 1.50. The first-order valence-electron chi connectivity index (χ1n) is 13.5. The average molecular weight is 557 g/mol. The molecule has 4 heterocycles. The molecule has 0 aliphatic carbocycles. The molecule has 0 radical (unpaired) electrons. The maximum atomic E-state index is 13.6. The van der Waals surface area contributed by atoms with Crippen molar-refractivity contribution in [2.24, 2.45) is 0 Å². The number of piperidine rings is 2. The molecule has 0 amide bonds. The molecule has 0 N–H and O–H groups in total. The Labute approximate surface area is 230 Å². The highest BCUT2D eigenvalue weighted by molar-refractivity contribution is 7.22. The maximum absolute atomic E-state index is 13.6. The Morgan fingerprint density at radius 1 is 0.711 bits per heavy atom. The summed E-state index contributed by atoms with van der Waals surface area (Å²) < 4.78 is 29.2. The van der Waals surface area contributed by atoms with E-state index in [0.717, 1.165) is 95.6 Å². The zero-order valence-corrected chi connectivity index (χ0v) is 23.6. The van der Waals surface area contributed by atoms with Crippen LogP contribution in [0.2, 0.25) is 0 Å². The lowest BCUT2D eigenvalue weighted by atomic mass is 10.0. The summed E-state index contributed by atoms with van der Waals surface area (Å²) in [5.74, 6) is -0.458. The number of hydrogen-bond donors (Lipinski definition) is 0. The van der Waals surface area contributed by atoms with Gasteiger partial charge in [-0.15, -0.1) is 0 Å². The van der Waals surface area contributed by atoms with Crippen molar-refractivity contribution in [3.05, 3.63) is 48.0 Å². The zero-order chi connectivity index (χ0) is 26.2. The Kier molecular flexibility index (Phi) is 7.48. The number of benzene rings is 2. The van der Waals surface area contributed by atoms with Crippen molar-refractivity contribution in [1.29, 1.82) is 0 Å². The van der Waals surface area contributed by atoms with Gasteiger partial charge in [0.2, 0.25) is 0 Å². The lowest BCUT2D eigenvalue weighted by Crippen LogP contribution is -2.48. The van der Waals surface area contributed by atoms with Gasteiger partial charge in [-0.25, -0.2) is 18.7 Å². The number of hydrogen-bond acceptors (Lipinski definition) is 8. The number of thiazole rings is 2. The molecule has 2 aliphatic rings. The molecule has 10 heteroatoms. The Morgan fingerprint density at radius 2 is 1.11 bits per heavy atom. The summed E-state index contributed by atoms with van der Waals surface area (Å²) in [6.07, 6.45) is 4.50. The number of fused-ring (bicyclic) bond motifs is 2. The molecular formula is C28H34F2N6S2. The molecule has 2 saturated heterocycles. The molecule has 202 valence electrons. The van der Waals surface area contributed by atoms with Crippen LogP contribution in [0.4, 0.5) is 19.0 Å². The van der Waals surface area contributed by atoms with Gasteiger partial charge >= 0.3 is 0 Å². The van der Waals surface area contributed by atoms with Crippen molar-refractivity contribution in [2.75, 3.05) is 63.2 Å². The van der Waals surface area contributed by atoms with Gasteiger partial charge in [0.1, 0.15) is 11.6 Å². The molecule has 6 nitrogen and oxygen atoms in total. The van der Waals surface area contributed by atoms with E-state index in [2.05, 4.69) is 43.7 Å². The SMILES string of the molecule is CN(c1nc2cc(F)ccc2s1)C1CCN(CCN2CCC(N(C)c3nc4cc(F)ccc4s3)CC2)CC1. The van der Waals surface area contributed by atoms with Crippen molar-refractivity contribution in [1.82, 2.24) is 19.8 Å². The normalized spacial score (nSPS) is 18.5. The average Bonchev–Trinajstić information content (AvgIpc) is 3.55. The third-order valence-electron chi connectivity index (χ3n) is 8.22. The summed E-state index contributed by atoms with van der Waals surface area (Å²) >= 11 is 3.29. The van der Waals surface area contributed by atoms with E-state index < -0.39 is 0 Å². The third-order valence-corrected chi connectivity index (χ3v) is 10.5. The van der Waals surface area contributed by atoms with Crippen LogP contribution in [-0.4, -0.2) is 85.2 Å². The number of rotatable bonds is 7. The van der Waals surface area contributed by atoms with Gasteiger partial charge in [-0.3, -0.25) is 0 Å². The first-order chi connectivity index (χ1) is 18.4. The van der Waals surface area contributed by atoms with Crippen LogP contribution in [0.5, 0.6) is 0 Å². The van der Waals surface area contributed by atoms with E-state index in [1.807, 2.05) is 12.1 Å². The molecule has 2 aromatic carbocycles. The maximum Gasteiger partial charge on any atom is 0.186 e. The van der Waals surface area contributed by atoms with Gasteiger partial charge in [0.15, 0.2) is 10.3 Å². The second kappa shape index (κ2) is 11.0. The third kappa shape index (κ3) is 5.50. The molecule has 2 aliphatic heterocycles. The van der Waals surface area contributed by atoms with Crippen molar-refractivity contribution in [2.45, 2.75) is 37.8 Å². The molecule has 0 bridgehead atoms. The van der Waals surface area contributed by atoms with Crippen molar-refractivity contribution in [3.63, 3.8) is 0 Å². The number of halogens is 2. The van der Waals surface area contributed by atoms with Crippen LogP contribution in [0.15, 0.2) is 36.4 Å². The van der Waals surface area contributed by atoms with Crippen LogP contribution in [0.1, 0.15) is 25.7 Å². The number of anilines is 2. The van der Waals surface area contributed by atoms with E-state index in [9.17, 15) is 8.78 Å². The predicted octanol–water partition coefficient (Wildman–Crippen LogP) is 5.69. The highest BCUT2D eigenvalue weighted by atomic mass is 32.1. The second-order valence-corrected chi connectivity index (χ2v) is 12.6. The van der Waals surface area contributed by atoms with Crippen LogP contribution in [-0.2, 0) is 0 Å². The monoisotopic (exact) mass is 556 g/mol. The summed E-state index contributed by atoms with van der Waals surface area (Å²) in [6, 6.07) is 10.7. The van der Waals surface area contributed by atoms with E-state index in [4.69, 9.17) is 0 Å². The first-order valence-corrected chi connectivity index (χ1v) is 15.1. The van der Waals surface area contributed by atoms with E-state index in [-0.39, 0.29) is 11.6 Å². The molecule has 0 atom stereocenters. The molecule has 4 aromatic rings. The van der Waals surface area contributed by atoms with Crippen LogP contribution in [0, 0.1) is 11.6 Å². The molecule has 0 saturated carbocycles. The Bertz CT molecular complexity index is 1280.